The molecule has 0 saturated carbocycles. The number of unbranched alkanes of at least 4 members (excludes halogenated alkanes) is 11. The lowest BCUT2D eigenvalue weighted by molar-refractivity contribution is -0.129. The van der Waals surface area contributed by atoms with Gasteiger partial charge in [-0.15, -0.1) is 0 Å². The van der Waals surface area contributed by atoms with Crippen LogP contribution >= 0.6 is 0 Å². The maximum Gasteiger partial charge on any atom is 0.223 e. The zero-order valence-corrected chi connectivity index (χ0v) is 51.8. The molecule has 0 bridgehead atoms. The van der Waals surface area contributed by atoms with Crippen molar-refractivity contribution in [1.29, 1.82) is 0 Å². The van der Waals surface area contributed by atoms with Gasteiger partial charge in [-0.2, -0.15) is 0 Å². The maximum atomic E-state index is 13.5. The molecule has 2 rings (SSSR count). The lowest BCUT2D eigenvalue weighted by Gasteiger charge is -2.34. The monoisotopic (exact) mass is 1120 g/mol. The van der Waals surface area contributed by atoms with E-state index in [0.29, 0.717) is 155 Å². The van der Waals surface area contributed by atoms with Gasteiger partial charge in [0.2, 0.25) is 17.7 Å². The largest absolute Gasteiger partial charge is 0.379 e. The number of rotatable bonds is 54. The van der Waals surface area contributed by atoms with Crippen molar-refractivity contribution in [2.24, 2.45) is 16.7 Å². The first-order valence-corrected chi connectivity index (χ1v) is 32.0. The molecule has 0 radical (unpaired) electrons. The van der Waals surface area contributed by atoms with Gasteiger partial charge < -0.3 is 49.1 Å². The van der Waals surface area contributed by atoms with Gasteiger partial charge in [-0.05, 0) is 134 Å². The fourth-order valence-electron chi connectivity index (χ4n) is 11.2. The Bertz CT molecular complexity index is 1650. The highest BCUT2D eigenvalue weighted by Gasteiger charge is 2.29. The Morgan fingerprint density at radius 3 is 1.30 bits per heavy atom. The van der Waals surface area contributed by atoms with E-state index >= 15 is 0 Å². The molecule has 79 heavy (non-hydrogen) atoms. The summed E-state index contributed by atoms with van der Waals surface area (Å²) in [6.07, 6.45) is 30.3. The fourth-order valence-corrected chi connectivity index (χ4v) is 11.2. The van der Waals surface area contributed by atoms with E-state index < -0.39 is 0 Å². The number of nitrogens with one attached hydrogen (secondary N) is 3. The van der Waals surface area contributed by atoms with Crippen molar-refractivity contribution < 1.29 is 52.3 Å². The van der Waals surface area contributed by atoms with Gasteiger partial charge in [0.15, 0.2) is 0 Å². The summed E-state index contributed by atoms with van der Waals surface area (Å²) in [5.41, 5.74) is 7.36. The van der Waals surface area contributed by atoms with Gasteiger partial charge in [-0.1, -0.05) is 115 Å². The zero-order valence-electron chi connectivity index (χ0n) is 51.8. The predicted molar refractivity (Wildman–Crippen MR) is 320 cm³/mol. The molecule has 0 unspecified atom stereocenters. The van der Waals surface area contributed by atoms with Crippen LogP contribution in [0.4, 0.5) is 0 Å². The summed E-state index contributed by atoms with van der Waals surface area (Å²) in [4.78, 5) is 51.4. The Morgan fingerprint density at radius 2 is 0.823 bits per heavy atom. The first-order chi connectivity index (χ1) is 38.3. The van der Waals surface area contributed by atoms with E-state index in [1.54, 1.807) is 22.3 Å². The topological polar surface area (TPSA) is 169 Å². The average molecular weight is 1120 g/mol. The molecule has 0 aromatic carbocycles. The number of carbonyl (C=O) groups excluding carboxylic acids is 4. The molecule has 0 aromatic rings. The van der Waals surface area contributed by atoms with E-state index in [2.05, 4.69) is 64.4 Å². The maximum absolute atomic E-state index is 13.5. The minimum absolute atomic E-state index is 0.0513. The van der Waals surface area contributed by atoms with Gasteiger partial charge in [0.25, 0.3) is 0 Å². The standard InChI is InChI=1S/C65H119N3O11/c1-8-40-73-44-48-77-52-53-79-51-47-76-43-34-62(71)67-38-25-41-74-45-49-78-50-46-75-42-26-39-68-63(72)57(54-58(69)30-17-13-9-10-14-18-31-59-55(2)27-23-35-64(59,4)5)29-21-22-37-66-61(70)33-20-16-12-11-15-19-32-60-56(3)28-24-36-65(60,6)7/h57H,8-54H2,1-7H3,(H,66,70)(H,67,71)(H,68,72)/t57-/m1/s1. The smallest absolute Gasteiger partial charge is 0.223 e. The van der Waals surface area contributed by atoms with Crippen molar-refractivity contribution in [3.8, 4) is 0 Å². The van der Waals surface area contributed by atoms with Gasteiger partial charge in [0.05, 0.1) is 72.7 Å². The number of carbonyl (C=O) groups is 4. The van der Waals surface area contributed by atoms with Crippen molar-refractivity contribution in [3.05, 3.63) is 22.3 Å². The second-order valence-electron chi connectivity index (χ2n) is 23.9. The molecule has 0 heterocycles. The number of hydrogen-bond acceptors (Lipinski definition) is 11. The lowest BCUT2D eigenvalue weighted by Crippen LogP contribution is -2.33. The summed E-state index contributed by atoms with van der Waals surface area (Å²) in [6, 6.07) is 0. The van der Waals surface area contributed by atoms with E-state index in [0.717, 1.165) is 58.0 Å². The van der Waals surface area contributed by atoms with E-state index in [1.165, 1.54) is 96.3 Å². The van der Waals surface area contributed by atoms with Gasteiger partial charge in [0, 0.05) is 71.1 Å². The van der Waals surface area contributed by atoms with Crippen molar-refractivity contribution >= 4 is 23.5 Å². The first-order valence-electron chi connectivity index (χ1n) is 32.0. The van der Waals surface area contributed by atoms with Gasteiger partial charge >= 0.3 is 0 Å². The summed E-state index contributed by atoms with van der Waals surface area (Å²) in [7, 11) is 0. The predicted octanol–water partition coefficient (Wildman–Crippen LogP) is 13.1. The lowest BCUT2D eigenvalue weighted by atomic mass is 9.71. The molecule has 0 saturated heterocycles. The molecule has 460 valence electrons. The minimum atomic E-state index is -0.366. The SMILES string of the molecule is CCCOCCOCCOCCOCCC(=O)NCCCOCCOCCOCCCNC(=O)[C@H](CCCCNC(=O)CCCCCCCCC1=C(C)CCCC1(C)C)CC(=O)CCCCCCCCC1=C(C)CCCC1(C)C. The van der Waals surface area contributed by atoms with Crippen LogP contribution in [0, 0.1) is 16.7 Å². The Morgan fingerprint density at radius 1 is 0.430 bits per heavy atom. The van der Waals surface area contributed by atoms with Crippen LogP contribution in [0.25, 0.3) is 0 Å². The summed E-state index contributed by atoms with van der Waals surface area (Å²) in [6.45, 7) is 25.0. The molecule has 0 spiro atoms. The fraction of sp³-hybridized carbons (Fsp3) is 0.877. The molecule has 14 nitrogen and oxygen atoms in total. The number of hydrogen-bond donors (Lipinski definition) is 3. The van der Waals surface area contributed by atoms with Gasteiger partial charge in [0.1, 0.15) is 5.78 Å². The Balaban J connectivity index is 1.54. The number of allylic oxidation sites excluding steroid dienone is 4. The second-order valence-corrected chi connectivity index (χ2v) is 23.9. The van der Waals surface area contributed by atoms with E-state index in [-0.39, 0.29) is 35.8 Å². The first kappa shape index (κ1) is 72.4. The highest BCUT2D eigenvalue weighted by atomic mass is 16.6. The van der Waals surface area contributed by atoms with Crippen LogP contribution in [0.15, 0.2) is 22.3 Å². The number of amides is 3. The van der Waals surface area contributed by atoms with E-state index in [4.69, 9.17) is 33.2 Å². The molecule has 2 aliphatic rings. The highest BCUT2D eigenvalue weighted by Crippen LogP contribution is 2.43. The van der Waals surface area contributed by atoms with E-state index in [1.807, 2.05) is 0 Å². The summed E-state index contributed by atoms with van der Waals surface area (Å²) < 4.78 is 38.7. The summed E-state index contributed by atoms with van der Waals surface area (Å²) in [5, 5.41) is 9.06. The number of ether oxygens (including phenoxy) is 7. The Hall–Kier alpha value is -2.72. The quantitative estimate of drug-likeness (QED) is 0.0391. The second kappa shape index (κ2) is 47.7. The molecular weight excluding hydrogens is 999 g/mol. The molecule has 0 fully saturated rings. The van der Waals surface area contributed by atoms with Crippen LogP contribution < -0.4 is 16.0 Å². The van der Waals surface area contributed by atoms with Crippen LogP contribution in [-0.4, -0.2) is 136 Å². The molecule has 3 amide bonds. The Labute approximate surface area is 482 Å². The third-order valence-electron chi connectivity index (χ3n) is 16.0. The molecule has 0 aliphatic heterocycles. The van der Waals surface area contributed by atoms with Crippen LogP contribution in [0.2, 0.25) is 0 Å². The Kier molecular flexibility index (Phi) is 43.7. The van der Waals surface area contributed by atoms with Crippen LogP contribution in [-0.2, 0) is 52.3 Å². The normalized spacial score (nSPS) is 15.6. The number of ketones is 1. The molecular formula is C65H119N3O11. The molecule has 3 N–H and O–H groups in total. The van der Waals surface area contributed by atoms with Crippen molar-refractivity contribution in [2.75, 3.05) is 112 Å². The molecule has 14 heteroatoms. The number of Topliss-reactive ketones (excluding diaryl/α,β-unsaturated/α-hetero) is 1. The van der Waals surface area contributed by atoms with Crippen LogP contribution in [0.1, 0.15) is 241 Å². The van der Waals surface area contributed by atoms with Crippen molar-refractivity contribution in [2.45, 2.75) is 241 Å². The minimum Gasteiger partial charge on any atom is -0.379 e. The molecule has 1 atom stereocenters. The third kappa shape index (κ3) is 38.6. The van der Waals surface area contributed by atoms with E-state index in [9.17, 15) is 19.2 Å². The highest BCUT2D eigenvalue weighted by molar-refractivity contribution is 5.86. The summed E-state index contributed by atoms with van der Waals surface area (Å²) in [5.74, 6) is -0.198. The van der Waals surface area contributed by atoms with Crippen LogP contribution in [0.5, 0.6) is 0 Å². The molecule has 0 aromatic heterocycles. The van der Waals surface area contributed by atoms with Gasteiger partial charge in [-0.25, -0.2) is 0 Å². The van der Waals surface area contributed by atoms with Crippen LogP contribution in [0.3, 0.4) is 0 Å². The van der Waals surface area contributed by atoms with Gasteiger partial charge in [-0.3, -0.25) is 19.2 Å². The third-order valence-corrected chi connectivity index (χ3v) is 16.0. The average Bonchev–Trinajstić information content (AvgIpc) is 3.45. The zero-order chi connectivity index (χ0) is 57.5. The van der Waals surface area contributed by atoms with Crippen molar-refractivity contribution in [1.82, 2.24) is 16.0 Å². The summed E-state index contributed by atoms with van der Waals surface area (Å²) >= 11 is 0. The van der Waals surface area contributed by atoms with Crippen molar-refractivity contribution in [3.63, 3.8) is 0 Å². The molecule has 2 aliphatic carbocycles.